The maximum atomic E-state index is 12.8. The number of nitrogens with zero attached hydrogens (tertiary/aromatic N) is 2. The van der Waals surface area contributed by atoms with Crippen LogP contribution in [0.25, 0.3) is 0 Å². The van der Waals surface area contributed by atoms with Crippen molar-refractivity contribution in [1.29, 1.82) is 0 Å². The number of amides is 1. The lowest BCUT2D eigenvalue weighted by molar-refractivity contribution is 0.0477. The zero-order valence-electron chi connectivity index (χ0n) is 14.7. The van der Waals surface area contributed by atoms with E-state index in [0.717, 1.165) is 13.0 Å². The van der Waals surface area contributed by atoms with Crippen LogP contribution in [0.1, 0.15) is 23.7 Å². The van der Waals surface area contributed by atoms with Crippen LogP contribution in [-0.2, 0) is 0 Å². The Morgan fingerprint density at radius 1 is 1.38 bits per heavy atom. The van der Waals surface area contributed by atoms with E-state index in [1.54, 1.807) is 18.2 Å². The number of aliphatic hydroxyl groups excluding tert-OH is 1. The molecule has 0 aromatic heterocycles. The van der Waals surface area contributed by atoms with Gasteiger partial charge in [-0.05, 0) is 57.5 Å². The summed E-state index contributed by atoms with van der Waals surface area (Å²) in [6.07, 6.45) is 0.947. The van der Waals surface area contributed by atoms with Crippen LogP contribution in [0.3, 0.4) is 0 Å². The van der Waals surface area contributed by atoms with Gasteiger partial charge in [0.2, 0.25) is 0 Å². The summed E-state index contributed by atoms with van der Waals surface area (Å²) in [5, 5.41) is 10.0. The van der Waals surface area contributed by atoms with E-state index in [-0.39, 0.29) is 18.4 Å². The van der Waals surface area contributed by atoms with Gasteiger partial charge in [-0.3, -0.25) is 4.79 Å². The summed E-state index contributed by atoms with van der Waals surface area (Å²) in [6.45, 7) is 4.73. The highest BCUT2D eigenvalue weighted by Crippen LogP contribution is 2.28. The second-order valence-corrected chi connectivity index (χ2v) is 7.11. The molecular formula is C18H27ClN2O3. The van der Waals surface area contributed by atoms with Crippen LogP contribution < -0.4 is 4.74 Å². The first-order chi connectivity index (χ1) is 11.4. The number of likely N-dealkylation sites (tertiary alicyclic amines) is 1. The van der Waals surface area contributed by atoms with Crippen molar-refractivity contribution in [2.75, 3.05) is 46.9 Å². The van der Waals surface area contributed by atoms with Crippen LogP contribution in [0.15, 0.2) is 18.2 Å². The van der Waals surface area contributed by atoms with Gasteiger partial charge in [0.15, 0.2) is 0 Å². The molecule has 2 atom stereocenters. The molecule has 0 radical (unpaired) electrons. The lowest BCUT2D eigenvalue weighted by Crippen LogP contribution is -2.47. The molecule has 1 aliphatic heterocycles. The molecule has 1 aromatic rings. The quantitative estimate of drug-likeness (QED) is 0.852. The first-order valence-corrected chi connectivity index (χ1v) is 8.79. The normalized spacial score (nSPS) is 21.2. The largest absolute Gasteiger partial charge is 0.492 e. The molecule has 24 heavy (non-hydrogen) atoms. The number of benzene rings is 1. The third-order valence-corrected chi connectivity index (χ3v) is 4.57. The number of carbonyl (C=O) groups is 1. The highest BCUT2D eigenvalue weighted by Gasteiger charge is 2.30. The number of carbonyl (C=O) groups excluding carboxylic acids is 1. The number of hydrogen-bond donors (Lipinski definition) is 1. The molecule has 134 valence electrons. The van der Waals surface area contributed by atoms with Crippen LogP contribution >= 0.6 is 11.6 Å². The third kappa shape index (κ3) is 4.85. The average molecular weight is 355 g/mol. The van der Waals surface area contributed by atoms with Crippen molar-refractivity contribution in [3.8, 4) is 5.75 Å². The first-order valence-electron chi connectivity index (χ1n) is 8.41. The van der Waals surface area contributed by atoms with Crippen molar-refractivity contribution in [2.24, 2.45) is 11.8 Å². The van der Waals surface area contributed by atoms with E-state index in [9.17, 15) is 9.90 Å². The van der Waals surface area contributed by atoms with Gasteiger partial charge in [0.1, 0.15) is 5.75 Å². The van der Waals surface area contributed by atoms with Crippen molar-refractivity contribution in [2.45, 2.75) is 13.3 Å². The summed E-state index contributed by atoms with van der Waals surface area (Å²) in [5.74, 6) is 1.05. The predicted molar refractivity (Wildman–Crippen MR) is 95.8 cm³/mol. The molecule has 1 saturated heterocycles. The van der Waals surface area contributed by atoms with Crippen molar-refractivity contribution >= 4 is 17.5 Å². The summed E-state index contributed by atoms with van der Waals surface area (Å²) in [4.78, 5) is 16.8. The van der Waals surface area contributed by atoms with Crippen molar-refractivity contribution in [3.63, 3.8) is 0 Å². The molecule has 0 bridgehead atoms. The maximum Gasteiger partial charge on any atom is 0.253 e. The Labute approximate surface area is 149 Å². The highest BCUT2D eigenvalue weighted by atomic mass is 35.5. The fourth-order valence-corrected chi connectivity index (χ4v) is 3.59. The molecule has 1 heterocycles. The smallest absolute Gasteiger partial charge is 0.253 e. The zero-order chi connectivity index (χ0) is 17.7. The Hall–Kier alpha value is -1.30. The molecule has 0 unspecified atom stereocenters. The first kappa shape index (κ1) is 19.0. The fraction of sp³-hybridized carbons (Fsp3) is 0.611. The van der Waals surface area contributed by atoms with E-state index >= 15 is 0 Å². The Balaban J connectivity index is 2.13. The number of piperidine rings is 1. The van der Waals surface area contributed by atoms with Crippen molar-refractivity contribution in [3.05, 3.63) is 28.8 Å². The molecule has 0 saturated carbocycles. The Bertz CT molecular complexity index is 565. The minimum atomic E-state index is -0.0399. The number of ether oxygens (including phenoxy) is 1. The van der Waals surface area contributed by atoms with Crippen LogP contribution in [0.4, 0.5) is 0 Å². The SMILES string of the molecule is CCOc1ccc(C(=O)N2C[C@@H](CN(C)C)C[C@H](CO)C2)cc1Cl. The minimum absolute atomic E-state index is 0.0399. The summed E-state index contributed by atoms with van der Waals surface area (Å²) in [6, 6.07) is 5.16. The number of halogens is 1. The van der Waals surface area contributed by atoms with Crippen LogP contribution in [0.2, 0.25) is 5.02 Å². The van der Waals surface area contributed by atoms with E-state index in [2.05, 4.69) is 4.90 Å². The molecule has 1 aliphatic rings. The Kier molecular flexibility index (Phi) is 6.90. The highest BCUT2D eigenvalue weighted by molar-refractivity contribution is 6.32. The van der Waals surface area contributed by atoms with E-state index in [4.69, 9.17) is 16.3 Å². The fourth-order valence-electron chi connectivity index (χ4n) is 3.35. The summed E-state index contributed by atoms with van der Waals surface area (Å²) >= 11 is 6.20. The van der Waals surface area contributed by atoms with Crippen molar-refractivity contribution < 1.29 is 14.6 Å². The topological polar surface area (TPSA) is 53.0 Å². The summed E-state index contributed by atoms with van der Waals surface area (Å²) < 4.78 is 5.42. The van der Waals surface area contributed by atoms with Gasteiger partial charge in [-0.15, -0.1) is 0 Å². The molecule has 1 fully saturated rings. The lowest BCUT2D eigenvalue weighted by Gasteiger charge is -2.38. The van der Waals surface area contributed by atoms with Gasteiger partial charge in [-0.1, -0.05) is 11.6 Å². The van der Waals surface area contributed by atoms with Crippen LogP contribution in [-0.4, -0.2) is 67.8 Å². The predicted octanol–water partition coefficient (Wildman–Crippen LogP) is 2.37. The maximum absolute atomic E-state index is 12.8. The molecule has 0 aliphatic carbocycles. The average Bonchev–Trinajstić information content (AvgIpc) is 2.55. The van der Waals surface area contributed by atoms with Crippen molar-refractivity contribution in [1.82, 2.24) is 9.80 Å². The van der Waals surface area contributed by atoms with Gasteiger partial charge in [-0.25, -0.2) is 0 Å². The lowest BCUT2D eigenvalue weighted by atomic mass is 9.89. The van der Waals surface area contributed by atoms with Gasteiger partial charge in [0.25, 0.3) is 5.91 Å². The van der Waals surface area contributed by atoms with E-state index in [0.29, 0.717) is 41.9 Å². The number of aliphatic hydroxyl groups is 1. The summed E-state index contributed by atoms with van der Waals surface area (Å²) in [5.41, 5.74) is 0.561. The Morgan fingerprint density at radius 2 is 2.08 bits per heavy atom. The number of rotatable bonds is 6. The monoisotopic (exact) mass is 354 g/mol. The van der Waals surface area contributed by atoms with Gasteiger partial charge in [-0.2, -0.15) is 0 Å². The van der Waals surface area contributed by atoms with E-state index < -0.39 is 0 Å². The third-order valence-electron chi connectivity index (χ3n) is 4.27. The minimum Gasteiger partial charge on any atom is -0.492 e. The van der Waals surface area contributed by atoms with Gasteiger partial charge in [0, 0.05) is 31.8 Å². The molecule has 1 aromatic carbocycles. The Morgan fingerprint density at radius 3 is 2.67 bits per heavy atom. The zero-order valence-corrected chi connectivity index (χ0v) is 15.4. The molecule has 1 amide bonds. The second kappa shape index (κ2) is 8.70. The molecule has 5 nitrogen and oxygen atoms in total. The van der Waals surface area contributed by atoms with Gasteiger partial charge >= 0.3 is 0 Å². The summed E-state index contributed by atoms with van der Waals surface area (Å²) in [7, 11) is 4.06. The standard InChI is InChI=1S/C18H27ClN2O3/c1-4-24-17-6-5-15(8-16(17)19)18(23)21-10-13(9-20(2)3)7-14(11-21)12-22/h5-6,8,13-14,22H,4,7,9-12H2,1-3H3/t13-,14+/m1/s1. The van der Waals surface area contributed by atoms with Crippen LogP contribution in [0, 0.1) is 11.8 Å². The van der Waals surface area contributed by atoms with E-state index in [1.807, 2.05) is 25.9 Å². The second-order valence-electron chi connectivity index (χ2n) is 6.70. The molecule has 1 N–H and O–H groups in total. The van der Waals surface area contributed by atoms with Gasteiger partial charge < -0.3 is 19.6 Å². The molecular weight excluding hydrogens is 328 g/mol. The van der Waals surface area contributed by atoms with E-state index in [1.165, 1.54) is 0 Å². The molecule has 6 heteroatoms. The molecule has 0 spiro atoms. The van der Waals surface area contributed by atoms with Crippen LogP contribution in [0.5, 0.6) is 5.75 Å². The van der Waals surface area contributed by atoms with Gasteiger partial charge in [0.05, 0.1) is 11.6 Å². The number of hydrogen-bond acceptors (Lipinski definition) is 4. The molecule has 2 rings (SSSR count).